The molecule has 1 amide bonds. The molecule has 0 aliphatic carbocycles. The van der Waals surface area contributed by atoms with E-state index in [0.717, 1.165) is 27.2 Å². The van der Waals surface area contributed by atoms with Crippen LogP contribution < -0.4 is 5.32 Å². The Hall–Kier alpha value is -3.36. The predicted octanol–water partition coefficient (Wildman–Crippen LogP) is 4.40. The van der Waals surface area contributed by atoms with E-state index in [1.807, 2.05) is 42.5 Å². The Morgan fingerprint density at radius 2 is 1.81 bits per heavy atom. The number of hydrogen-bond acceptors (Lipinski definition) is 4. The van der Waals surface area contributed by atoms with Gasteiger partial charge in [-0.1, -0.05) is 42.5 Å². The van der Waals surface area contributed by atoms with Crippen molar-refractivity contribution in [2.75, 3.05) is 13.7 Å². The van der Waals surface area contributed by atoms with E-state index < -0.39 is 41.3 Å². The number of halogens is 3. The number of amides is 1. The third-order valence-corrected chi connectivity index (χ3v) is 5.14. The fourth-order valence-corrected chi connectivity index (χ4v) is 3.57. The van der Waals surface area contributed by atoms with Gasteiger partial charge in [-0.05, 0) is 36.6 Å². The van der Waals surface area contributed by atoms with Crippen molar-refractivity contribution in [2.24, 2.45) is 5.92 Å². The molecule has 9 heteroatoms. The molecule has 0 aliphatic rings. The van der Waals surface area contributed by atoms with Crippen LogP contribution in [0.3, 0.4) is 0 Å². The van der Waals surface area contributed by atoms with Crippen LogP contribution in [0.2, 0.25) is 0 Å². The lowest BCUT2D eigenvalue weighted by Gasteiger charge is -2.17. The third-order valence-electron chi connectivity index (χ3n) is 5.14. The minimum atomic E-state index is -4.75. The van der Waals surface area contributed by atoms with E-state index in [1.165, 1.54) is 7.11 Å². The fourth-order valence-electron chi connectivity index (χ4n) is 3.57. The highest BCUT2D eigenvalue weighted by molar-refractivity contribution is 5.95. The Morgan fingerprint density at radius 1 is 1.12 bits per heavy atom. The van der Waals surface area contributed by atoms with E-state index >= 15 is 0 Å². The smallest absolute Gasteiger partial charge is 0.433 e. The first-order chi connectivity index (χ1) is 15.1. The van der Waals surface area contributed by atoms with Gasteiger partial charge in [0.2, 0.25) is 0 Å². The van der Waals surface area contributed by atoms with Crippen molar-refractivity contribution in [1.82, 2.24) is 15.1 Å². The molecule has 0 bridgehead atoms. The Labute approximate surface area is 183 Å². The number of nitrogens with one attached hydrogen (secondary N) is 1. The lowest BCUT2D eigenvalue weighted by Crippen LogP contribution is -2.35. The first-order valence-electron chi connectivity index (χ1n) is 10.1. The number of esters is 1. The molecule has 2 aromatic carbocycles. The Morgan fingerprint density at radius 3 is 2.44 bits per heavy atom. The first kappa shape index (κ1) is 23.3. The van der Waals surface area contributed by atoms with Crippen molar-refractivity contribution in [3.63, 3.8) is 0 Å². The summed E-state index contributed by atoms with van der Waals surface area (Å²) >= 11 is 0. The Bertz CT molecular complexity index is 1120. The van der Waals surface area contributed by atoms with Crippen LogP contribution in [0.4, 0.5) is 13.2 Å². The van der Waals surface area contributed by atoms with Crippen molar-refractivity contribution in [3.05, 3.63) is 65.5 Å². The van der Waals surface area contributed by atoms with E-state index in [9.17, 15) is 22.8 Å². The van der Waals surface area contributed by atoms with E-state index in [2.05, 4.69) is 10.4 Å². The molecule has 0 aliphatic heterocycles. The minimum absolute atomic E-state index is 0.178. The lowest BCUT2D eigenvalue weighted by molar-refractivity contribution is -0.146. The number of rotatable bonds is 7. The summed E-state index contributed by atoms with van der Waals surface area (Å²) in [6, 6.07) is 12.9. The number of ether oxygens (including phenoxy) is 1. The maximum Gasteiger partial charge on any atom is 0.433 e. The number of nitrogens with zero attached hydrogens (tertiary/aromatic N) is 2. The van der Waals surface area contributed by atoms with Crippen LogP contribution in [0.5, 0.6) is 0 Å². The predicted molar refractivity (Wildman–Crippen MR) is 113 cm³/mol. The van der Waals surface area contributed by atoms with Crippen LogP contribution in [-0.2, 0) is 22.1 Å². The van der Waals surface area contributed by atoms with Crippen molar-refractivity contribution in [1.29, 1.82) is 0 Å². The van der Waals surface area contributed by atoms with Crippen molar-refractivity contribution >= 4 is 22.6 Å². The molecule has 0 fully saturated rings. The van der Waals surface area contributed by atoms with Gasteiger partial charge in [-0.3, -0.25) is 14.3 Å². The summed E-state index contributed by atoms with van der Waals surface area (Å²) in [7, 11) is 1.23. The van der Waals surface area contributed by atoms with Gasteiger partial charge in [0, 0.05) is 12.6 Å². The van der Waals surface area contributed by atoms with Gasteiger partial charge in [0.05, 0.1) is 24.8 Å². The molecule has 0 radical (unpaired) electrons. The van der Waals surface area contributed by atoms with Crippen molar-refractivity contribution in [2.45, 2.75) is 32.5 Å². The highest BCUT2D eigenvalue weighted by atomic mass is 19.4. The second-order valence-electron chi connectivity index (χ2n) is 7.76. The number of fused-ring (bicyclic) bond motifs is 1. The van der Waals surface area contributed by atoms with Gasteiger partial charge in [0.25, 0.3) is 5.91 Å². The second kappa shape index (κ2) is 9.42. The summed E-state index contributed by atoms with van der Waals surface area (Å²) in [6.07, 6.45) is -3.59. The molecular formula is C23H24F3N3O3. The number of aromatic nitrogens is 2. The summed E-state index contributed by atoms with van der Waals surface area (Å²) in [6.45, 7) is 2.91. The zero-order valence-corrected chi connectivity index (χ0v) is 17.9. The van der Waals surface area contributed by atoms with Gasteiger partial charge < -0.3 is 10.1 Å². The maximum absolute atomic E-state index is 13.5. The standard InChI is InChI=1S/C23H24F3N3O3/c1-14(2)29-20(23(24,25)26)19(13-28-29)21(30)27-12-18(22(31)32-3)11-15-8-9-16-6-4-5-7-17(16)10-15/h4-10,13-14,18H,11-12H2,1-3H3,(H,27,30). The van der Waals surface area contributed by atoms with Gasteiger partial charge in [0.15, 0.2) is 5.69 Å². The third kappa shape index (κ3) is 5.09. The molecule has 3 aromatic rings. The highest BCUT2D eigenvalue weighted by Gasteiger charge is 2.40. The molecular weight excluding hydrogens is 423 g/mol. The molecule has 1 unspecified atom stereocenters. The number of hydrogen-bond donors (Lipinski definition) is 1. The van der Waals surface area contributed by atoms with Crippen LogP contribution in [-0.4, -0.2) is 35.3 Å². The molecule has 0 saturated carbocycles. The number of carbonyl (C=O) groups excluding carboxylic acids is 2. The number of carbonyl (C=O) groups is 2. The largest absolute Gasteiger partial charge is 0.469 e. The Balaban J connectivity index is 1.78. The summed E-state index contributed by atoms with van der Waals surface area (Å²) in [5, 5.41) is 8.20. The molecule has 170 valence electrons. The number of methoxy groups -OCH3 is 1. The van der Waals surface area contributed by atoms with Crippen LogP contribution in [0, 0.1) is 5.92 Å². The summed E-state index contributed by atoms with van der Waals surface area (Å²) in [5.41, 5.74) is -0.855. The topological polar surface area (TPSA) is 73.2 Å². The van der Waals surface area contributed by atoms with Gasteiger partial charge >= 0.3 is 12.1 Å². The second-order valence-corrected chi connectivity index (χ2v) is 7.76. The van der Waals surface area contributed by atoms with Gasteiger partial charge in [-0.15, -0.1) is 0 Å². The first-order valence-corrected chi connectivity index (χ1v) is 10.1. The summed E-state index contributed by atoms with van der Waals surface area (Å²) in [5.74, 6) is -2.27. The van der Waals surface area contributed by atoms with Crippen LogP contribution in [0.1, 0.15) is 41.5 Å². The SMILES string of the molecule is COC(=O)C(CNC(=O)c1cnn(C(C)C)c1C(F)(F)F)Cc1ccc2ccccc2c1. The summed E-state index contributed by atoms with van der Waals surface area (Å²) < 4.78 is 46.2. The number of alkyl halides is 3. The van der Waals surface area contributed by atoms with Crippen molar-refractivity contribution < 1.29 is 27.5 Å². The molecule has 1 heterocycles. The van der Waals surface area contributed by atoms with Crippen LogP contribution >= 0.6 is 0 Å². The zero-order chi connectivity index (χ0) is 23.5. The number of benzene rings is 2. The molecule has 0 spiro atoms. The molecule has 0 saturated heterocycles. The van der Waals surface area contributed by atoms with Gasteiger partial charge in [-0.2, -0.15) is 18.3 Å². The summed E-state index contributed by atoms with van der Waals surface area (Å²) in [4.78, 5) is 24.9. The zero-order valence-electron chi connectivity index (χ0n) is 17.9. The van der Waals surface area contributed by atoms with E-state index in [4.69, 9.17) is 4.74 Å². The fraction of sp³-hybridized carbons (Fsp3) is 0.348. The molecule has 1 N–H and O–H groups in total. The van der Waals surface area contributed by atoms with E-state index in [-0.39, 0.29) is 13.0 Å². The monoisotopic (exact) mass is 447 g/mol. The lowest BCUT2D eigenvalue weighted by atomic mass is 9.97. The van der Waals surface area contributed by atoms with Crippen LogP contribution in [0.25, 0.3) is 10.8 Å². The van der Waals surface area contributed by atoms with Crippen molar-refractivity contribution in [3.8, 4) is 0 Å². The van der Waals surface area contributed by atoms with Crippen LogP contribution in [0.15, 0.2) is 48.7 Å². The van der Waals surface area contributed by atoms with Gasteiger partial charge in [-0.25, -0.2) is 0 Å². The quantitative estimate of drug-likeness (QED) is 0.545. The minimum Gasteiger partial charge on any atom is -0.469 e. The average molecular weight is 447 g/mol. The Kier molecular flexibility index (Phi) is 6.86. The maximum atomic E-state index is 13.5. The van der Waals surface area contributed by atoms with E-state index in [1.54, 1.807) is 13.8 Å². The normalized spacial score (nSPS) is 12.7. The highest BCUT2D eigenvalue weighted by Crippen LogP contribution is 2.33. The molecule has 1 atom stereocenters. The molecule has 6 nitrogen and oxygen atoms in total. The molecule has 1 aromatic heterocycles. The average Bonchev–Trinajstić information content (AvgIpc) is 3.22. The molecule has 32 heavy (non-hydrogen) atoms. The van der Waals surface area contributed by atoms with Gasteiger partial charge in [0.1, 0.15) is 0 Å². The molecule has 3 rings (SSSR count). The van der Waals surface area contributed by atoms with E-state index in [0.29, 0.717) is 0 Å².